The van der Waals surface area contributed by atoms with Gasteiger partial charge < -0.3 is 10.2 Å². The van der Waals surface area contributed by atoms with Gasteiger partial charge in [0.25, 0.3) is 5.91 Å². The zero-order valence-corrected chi connectivity index (χ0v) is 11.8. The van der Waals surface area contributed by atoms with E-state index in [0.717, 1.165) is 11.1 Å². The Kier molecular flexibility index (Phi) is 4.14. The highest BCUT2D eigenvalue weighted by Crippen LogP contribution is 2.17. The summed E-state index contributed by atoms with van der Waals surface area (Å²) < 4.78 is 12.9. The molecule has 0 spiro atoms. The second kappa shape index (κ2) is 6.39. The standard InChI is InChI=1S/C17H15FN2O2/c18-14-8-6-13(7-9-14)15-10-16(22-20-15)17(21)19-11-12-4-2-1-3-5-12/h1-9,16H,10-11H2,(H,19,21)/t16-/m0/s1. The van der Waals surface area contributed by atoms with Crippen molar-refractivity contribution >= 4 is 11.6 Å². The van der Waals surface area contributed by atoms with E-state index in [4.69, 9.17) is 4.84 Å². The van der Waals surface area contributed by atoms with Gasteiger partial charge in [0.1, 0.15) is 5.82 Å². The van der Waals surface area contributed by atoms with E-state index in [2.05, 4.69) is 10.5 Å². The van der Waals surface area contributed by atoms with Gasteiger partial charge in [0, 0.05) is 13.0 Å². The monoisotopic (exact) mass is 298 g/mol. The molecular formula is C17H15FN2O2. The van der Waals surface area contributed by atoms with Crippen LogP contribution in [0.15, 0.2) is 59.8 Å². The molecule has 2 aromatic rings. The minimum atomic E-state index is -0.635. The lowest BCUT2D eigenvalue weighted by molar-refractivity contribution is -0.131. The Hall–Kier alpha value is -2.69. The summed E-state index contributed by atoms with van der Waals surface area (Å²) in [6, 6.07) is 15.6. The van der Waals surface area contributed by atoms with Gasteiger partial charge in [0.05, 0.1) is 5.71 Å². The van der Waals surface area contributed by atoms with E-state index in [0.29, 0.717) is 18.7 Å². The molecule has 0 aliphatic carbocycles. The summed E-state index contributed by atoms with van der Waals surface area (Å²) >= 11 is 0. The molecule has 1 N–H and O–H groups in total. The normalized spacial score (nSPS) is 16.8. The second-order valence-electron chi connectivity index (χ2n) is 5.05. The first-order chi connectivity index (χ1) is 10.7. The maximum atomic E-state index is 12.9. The highest BCUT2D eigenvalue weighted by atomic mass is 19.1. The summed E-state index contributed by atoms with van der Waals surface area (Å²) in [5, 5.41) is 6.75. The van der Waals surface area contributed by atoms with Crippen molar-refractivity contribution in [2.24, 2.45) is 5.16 Å². The van der Waals surface area contributed by atoms with Gasteiger partial charge in [0.2, 0.25) is 6.10 Å². The molecule has 0 unspecified atom stereocenters. The molecule has 0 saturated carbocycles. The third-order valence-electron chi connectivity index (χ3n) is 3.45. The largest absolute Gasteiger partial charge is 0.382 e. The summed E-state index contributed by atoms with van der Waals surface area (Å²) in [6.07, 6.45) is -0.254. The van der Waals surface area contributed by atoms with Crippen molar-refractivity contribution in [3.63, 3.8) is 0 Å². The lowest BCUT2D eigenvalue weighted by Crippen LogP contribution is -2.34. The van der Waals surface area contributed by atoms with Crippen molar-refractivity contribution < 1.29 is 14.0 Å². The quantitative estimate of drug-likeness (QED) is 0.943. The molecule has 2 aromatic carbocycles. The third-order valence-corrected chi connectivity index (χ3v) is 3.45. The minimum absolute atomic E-state index is 0.204. The number of hydrogen-bond acceptors (Lipinski definition) is 3. The van der Waals surface area contributed by atoms with Gasteiger partial charge in [-0.15, -0.1) is 0 Å². The zero-order valence-electron chi connectivity index (χ0n) is 11.8. The van der Waals surface area contributed by atoms with Crippen LogP contribution in [0.2, 0.25) is 0 Å². The Balaban J connectivity index is 1.55. The smallest absolute Gasteiger partial charge is 0.264 e. The maximum absolute atomic E-state index is 12.9. The number of oxime groups is 1. The van der Waals surface area contributed by atoms with Crippen LogP contribution in [0.25, 0.3) is 0 Å². The summed E-state index contributed by atoms with van der Waals surface area (Å²) in [5.41, 5.74) is 2.44. The van der Waals surface area contributed by atoms with Crippen molar-refractivity contribution in [1.29, 1.82) is 0 Å². The van der Waals surface area contributed by atoms with Gasteiger partial charge in [-0.05, 0) is 23.3 Å². The number of benzene rings is 2. The maximum Gasteiger partial charge on any atom is 0.264 e. The summed E-state index contributed by atoms with van der Waals surface area (Å²) in [7, 11) is 0. The fraction of sp³-hybridized carbons (Fsp3) is 0.176. The average Bonchev–Trinajstić information content (AvgIpc) is 3.04. The SMILES string of the molecule is O=C(NCc1ccccc1)[C@@H]1CC(c2ccc(F)cc2)=NO1. The number of hydrogen-bond donors (Lipinski definition) is 1. The van der Waals surface area contributed by atoms with Crippen molar-refractivity contribution in [2.45, 2.75) is 19.1 Å². The summed E-state index contributed by atoms with van der Waals surface area (Å²) in [4.78, 5) is 17.3. The number of nitrogens with one attached hydrogen (secondary N) is 1. The van der Waals surface area contributed by atoms with Crippen molar-refractivity contribution in [1.82, 2.24) is 5.32 Å². The first kappa shape index (κ1) is 14.3. The number of halogens is 1. The van der Waals surface area contributed by atoms with E-state index in [1.54, 1.807) is 12.1 Å². The first-order valence-corrected chi connectivity index (χ1v) is 7.02. The number of rotatable bonds is 4. The van der Waals surface area contributed by atoms with Gasteiger partial charge in [-0.3, -0.25) is 4.79 Å². The van der Waals surface area contributed by atoms with Gasteiger partial charge in [-0.1, -0.05) is 47.6 Å². The predicted molar refractivity (Wildman–Crippen MR) is 80.7 cm³/mol. The van der Waals surface area contributed by atoms with Crippen LogP contribution in [0, 0.1) is 5.82 Å². The van der Waals surface area contributed by atoms with Gasteiger partial charge in [-0.2, -0.15) is 0 Å². The molecule has 112 valence electrons. The highest BCUT2D eigenvalue weighted by molar-refractivity contribution is 6.04. The summed E-state index contributed by atoms with van der Waals surface area (Å²) in [5.74, 6) is -0.509. The zero-order chi connectivity index (χ0) is 15.4. The number of carbonyl (C=O) groups excluding carboxylic acids is 1. The first-order valence-electron chi connectivity index (χ1n) is 7.02. The van der Waals surface area contributed by atoms with Crippen molar-refractivity contribution in [2.75, 3.05) is 0 Å². The van der Waals surface area contributed by atoms with E-state index in [1.165, 1.54) is 12.1 Å². The molecule has 22 heavy (non-hydrogen) atoms. The van der Waals surface area contributed by atoms with Crippen LogP contribution in [0.1, 0.15) is 17.5 Å². The van der Waals surface area contributed by atoms with Crippen LogP contribution >= 0.6 is 0 Å². The van der Waals surface area contributed by atoms with Crippen molar-refractivity contribution in [3.05, 3.63) is 71.5 Å². The third kappa shape index (κ3) is 3.31. The summed E-state index contributed by atoms with van der Waals surface area (Å²) in [6.45, 7) is 0.450. The van der Waals surface area contributed by atoms with Gasteiger partial charge in [-0.25, -0.2) is 4.39 Å². The van der Waals surface area contributed by atoms with Gasteiger partial charge in [0.15, 0.2) is 0 Å². The van der Waals surface area contributed by atoms with Crippen LogP contribution in [0.4, 0.5) is 4.39 Å². The lowest BCUT2D eigenvalue weighted by atomic mass is 10.0. The predicted octanol–water partition coefficient (Wildman–Crippen LogP) is 2.64. The Bertz CT molecular complexity index is 684. The number of carbonyl (C=O) groups is 1. The fourth-order valence-electron chi connectivity index (χ4n) is 2.23. The molecule has 1 heterocycles. The molecule has 1 atom stereocenters. The number of nitrogens with zero attached hydrogens (tertiary/aromatic N) is 1. The van der Waals surface area contributed by atoms with Crippen LogP contribution in [-0.4, -0.2) is 17.7 Å². The van der Waals surface area contributed by atoms with Gasteiger partial charge >= 0.3 is 0 Å². The molecule has 0 aromatic heterocycles. The minimum Gasteiger partial charge on any atom is -0.382 e. The van der Waals surface area contributed by atoms with E-state index in [-0.39, 0.29) is 11.7 Å². The van der Waals surface area contributed by atoms with Crippen LogP contribution in [0.5, 0.6) is 0 Å². The molecule has 5 heteroatoms. The topological polar surface area (TPSA) is 50.7 Å². The van der Waals surface area contributed by atoms with E-state index in [1.807, 2.05) is 30.3 Å². The van der Waals surface area contributed by atoms with Crippen LogP contribution in [-0.2, 0) is 16.2 Å². The molecule has 0 bridgehead atoms. The highest BCUT2D eigenvalue weighted by Gasteiger charge is 2.28. The van der Waals surface area contributed by atoms with Crippen LogP contribution in [0.3, 0.4) is 0 Å². The average molecular weight is 298 g/mol. The molecule has 3 rings (SSSR count). The Morgan fingerprint density at radius 1 is 1.18 bits per heavy atom. The molecule has 4 nitrogen and oxygen atoms in total. The molecule has 1 amide bonds. The Labute approximate surface area is 127 Å². The molecular weight excluding hydrogens is 283 g/mol. The molecule has 0 radical (unpaired) electrons. The van der Waals surface area contributed by atoms with E-state index < -0.39 is 6.10 Å². The lowest BCUT2D eigenvalue weighted by Gasteiger charge is -2.09. The Morgan fingerprint density at radius 2 is 1.91 bits per heavy atom. The second-order valence-corrected chi connectivity index (χ2v) is 5.05. The van der Waals surface area contributed by atoms with E-state index in [9.17, 15) is 9.18 Å². The molecule has 1 aliphatic rings. The molecule has 1 aliphatic heterocycles. The number of amides is 1. The fourth-order valence-corrected chi connectivity index (χ4v) is 2.23. The van der Waals surface area contributed by atoms with Crippen molar-refractivity contribution in [3.8, 4) is 0 Å². The van der Waals surface area contributed by atoms with Crippen LogP contribution < -0.4 is 5.32 Å². The molecule has 0 saturated heterocycles. The Morgan fingerprint density at radius 3 is 2.64 bits per heavy atom. The van der Waals surface area contributed by atoms with E-state index >= 15 is 0 Å². The molecule has 0 fully saturated rings.